The predicted octanol–water partition coefficient (Wildman–Crippen LogP) is 11.2. The van der Waals surface area contributed by atoms with Crippen molar-refractivity contribution < 1.29 is 0 Å². The summed E-state index contributed by atoms with van der Waals surface area (Å²) >= 11 is 0. The number of rotatable bonds is 5. The highest BCUT2D eigenvalue weighted by Gasteiger charge is 2.20. The van der Waals surface area contributed by atoms with Crippen LogP contribution in [0.15, 0.2) is 170 Å². The Morgan fingerprint density at radius 3 is 1.38 bits per heavy atom. The summed E-state index contributed by atoms with van der Waals surface area (Å²) in [6.45, 7) is 0. The molecule has 0 unspecified atom stereocenters. The number of fused-ring (bicyclic) bond motifs is 1. The van der Waals surface area contributed by atoms with Gasteiger partial charge in [-0.2, -0.15) is 0 Å². The van der Waals surface area contributed by atoms with Gasteiger partial charge in [-0.3, -0.25) is 0 Å². The maximum atomic E-state index is 2.29. The van der Waals surface area contributed by atoms with Crippen LogP contribution in [0.4, 0.5) is 0 Å². The maximum Gasteiger partial charge on any atom is -0.00204 e. The Morgan fingerprint density at radius 2 is 0.650 bits per heavy atom. The van der Waals surface area contributed by atoms with E-state index in [4.69, 9.17) is 0 Å². The van der Waals surface area contributed by atoms with Gasteiger partial charge in [-0.15, -0.1) is 0 Å². The lowest BCUT2D eigenvalue weighted by Crippen LogP contribution is -1.95. The van der Waals surface area contributed by atoms with Crippen molar-refractivity contribution in [1.82, 2.24) is 0 Å². The van der Waals surface area contributed by atoms with Crippen LogP contribution in [0.5, 0.6) is 0 Å². The van der Waals surface area contributed by atoms with Crippen LogP contribution >= 0.6 is 0 Å². The first-order chi connectivity index (χ1) is 19.9. The summed E-state index contributed by atoms with van der Waals surface area (Å²) < 4.78 is 0. The zero-order valence-electron chi connectivity index (χ0n) is 22.2. The Kier molecular flexibility index (Phi) is 6.28. The molecule has 0 bridgehead atoms. The van der Waals surface area contributed by atoms with Crippen LogP contribution in [0.25, 0.3) is 66.4 Å². The minimum Gasteiger partial charge on any atom is -0.0622 e. The van der Waals surface area contributed by atoms with Gasteiger partial charge >= 0.3 is 0 Å². The molecule has 0 amide bonds. The van der Waals surface area contributed by atoms with Gasteiger partial charge in [-0.25, -0.2) is 0 Å². The summed E-state index contributed by atoms with van der Waals surface area (Å²) in [6.07, 6.45) is 0. The first-order valence-electron chi connectivity index (χ1n) is 13.8. The second kappa shape index (κ2) is 10.5. The van der Waals surface area contributed by atoms with Crippen LogP contribution in [0.2, 0.25) is 0 Å². The minimum absolute atomic E-state index is 1.21. The van der Waals surface area contributed by atoms with Crippen molar-refractivity contribution in [2.75, 3.05) is 0 Å². The zero-order chi connectivity index (χ0) is 26.7. The van der Waals surface area contributed by atoms with Crippen molar-refractivity contribution in [3.8, 4) is 55.6 Å². The third-order valence-electron chi connectivity index (χ3n) is 7.73. The molecule has 0 nitrogen and oxygen atoms in total. The minimum atomic E-state index is 1.21. The highest BCUT2D eigenvalue weighted by Crippen LogP contribution is 2.46. The van der Waals surface area contributed by atoms with Crippen molar-refractivity contribution in [3.63, 3.8) is 0 Å². The third kappa shape index (κ3) is 4.30. The van der Waals surface area contributed by atoms with Gasteiger partial charge in [-0.1, -0.05) is 170 Å². The van der Waals surface area contributed by atoms with Crippen molar-refractivity contribution in [1.29, 1.82) is 0 Å². The molecule has 0 aliphatic heterocycles. The molecule has 0 aliphatic carbocycles. The molecule has 0 atom stereocenters. The van der Waals surface area contributed by atoms with Gasteiger partial charge in [0.15, 0.2) is 0 Å². The molecule has 188 valence electrons. The van der Waals surface area contributed by atoms with Crippen molar-refractivity contribution in [2.24, 2.45) is 0 Å². The Bertz CT molecular complexity index is 1930. The van der Waals surface area contributed by atoms with E-state index in [0.717, 1.165) is 0 Å². The average molecular weight is 509 g/mol. The van der Waals surface area contributed by atoms with E-state index in [9.17, 15) is 0 Å². The number of hydrogen-bond donors (Lipinski definition) is 0. The molecule has 0 aliphatic rings. The molecule has 0 fully saturated rings. The van der Waals surface area contributed by atoms with Gasteiger partial charge in [0, 0.05) is 0 Å². The van der Waals surface area contributed by atoms with E-state index in [1.165, 1.54) is 66.4 Å². The van der Waals surface area contributed by atoms with Crippen LogP contribution in [0.3, 0.4) is 0 Å². The smallest absolute Gasteiger partial charge is 0.00204 e. The number of benzene rings is 7. The van der Waals surface area contributed by atoms with Gasteiger partial charge in [0.2, 0.25) is 0 Å². The summed E-state index contributed by atoms with van der Waals surface area (Å²) in [7, 11) is 0. The zero-order valence-corrected chi connectivity index (χ0v) is 22.2. The van der Waals surface area contributed by atoms with Gasteiger partial charge in [0.05, 0.1) is 0 Å². The Morgan fingerprint density at radius 1 is 0.225 bits per heavy atom. The lowest BCUT2D eigenvalue weighted by atomic mass is 9.82. The molecule has 7 aromatic carbocycles. The molecule has 0 aromatic heterocycles. The van der Waals surface area contributed by atoms with Crippen LogP contribution in [-0.4, -0.2) is 0 Å². The second-order valence-corrected chi connectivity index (χ2v) is 10.1. The molecule has 0 saturated carbocycles. The summed E-state index contributed by atoms with van der Waals surface area (Å²) in [5, 5.41) is 2.52. The molecule has 7 aromatic rings. The van der Waals surface area contributed by atoms with Crippen molar-refractivity contribution >= 4 is 10.8 Å². The van der Waals surface area contributed by atoms with E-state index in [0.29, 0.717) is 0 Å². The maximum absolute atomic E-state index is 2.29. The van der Waals surface area contributed by atoms with Crippen LogP contribution in [-0.2, 0) is 0 Å². The SMILES string of the molecule is c1ccc(-c2ccccc2-c2cccc(-c3ccccc3)c2-c2ccccc2-c2cccc3ccccc23)cc1. The molecule has 0 N–H and O–H groups in total. The number of hydrogen-bond acceptors (Lipinski definition) is 0. The fourth-order valence-corrected chi connectivity index (χ4v) is 5.91. The Labute approximate surface area is 235 Å². The molecule has 0 spiro atoms. The quantitative estimate of drug-likeness (QED) is 0.217. The van der Waals surface area contributed by atoms with Crippen molar-refractivity contribution in [2.45, 2.75) is 0 Å². The molecule has 0 radical (unpaired) electrons. The second-order valence-electron chi connectivity index (χ2n) is 10.1. The lowest BCUT2D eigenvalue weighted by Gasteiger charge is -2.21. The largest absolute Gasteiger partial charge is 0.0622 e. The van der Waals surface area contributed by atoms with Crippen LogP contribution in [0, 0.1) is 0 Å². The third-order valence-corrected chi connectivity index (χ3v) is 7.73. The highest BCUT2D eigenvalue weighted by atomic mass is 14.2. The molecule has 0 heteroatoms. The van der Waals surface area contributed by atoms with Gasteiger partial charge in [0.1, 0.15) is 0 Å². The summed E-state index contributed by atoms with van der Waals surface area (Å²) in [6, 6.07) is 61.2. The fraction of sp³-hybridized carbons (Fsp3) is 0. The Hall–Kier alpha value is -5.20. The molecular formula is C40H28. The molecule has 0 saturated heterocycles. The van der Waals surface area contributed by atoms with Crippen molar-refractivity contribution in [3.05, 3.63) is 170 Å². The van der Waals surface area contributed by atoms with Crippen LogP contribution in [0.1, 0.15) is 0 Å². The first-order valence-corrected chi connectivity index (χ1v) is 13.8. The molecular weight excluding hydrogens is 480 g/mol. The normalized spacial score (nSPS) is 11.0. The standard InChI is InChI=1S/C40H28/c1-3-15-29(16-4-1)33-22-9-10-23-36(33)39-28-14-26-34(31-17-5-2-6-18-31)40(39)38-25-12-11-24-37(38)35-27-13-20-30-19-7-8-21-32(30)35/h1-28H. The van der Waals surface area contributed by atoms with E-state index < -0.39 is 0 Å². The molecule has 0 heterocycles. The average Bonchev–Trinajstić information content (AvgIpc) is 3.05. The molecule has 7 rings (SSSR count). The predicted molar refractivity (Wildman–Crippen MR) is 171 cm³/mol. The molecule has 40 heavy (non-hydrogen) atoms. The summed E-state index contributed by atoms with van der Waals surface area (Å²) in [5.41, 5.74) is 12.3. The van der Waals surface area contributed by atoms with E-state index in [1.807, 2.05) is 0 Å². The lowest BCUT2D eigenvalue weighted by molar-refractivity contribution is 1.54. The first kappa shape index (κ1) is 23.9. The van der Waals surface area contributed by atoms with Gasteiger partial charge in [0.25, 0.3) is 0 Å². The van der Waals surface area contributed by atoms with E-state index in [-0.39, 0.29) is 0 Å². The van der Waals surface area contributed by atoms with E-state index in [1.54, 1.807) is 0 Å². The summed E-state index contributed by atoms with van der Waals surface area (Å²) in [5.74, 6) is 0. The van der Waals surface area contributed by atoms with E-state index in [2.05, 4.69) is 170 Å². The monoisotopic (exact) mass is 508 g/mol. The summed E-state index contributed by atoms with van der Waals surface area (Å²) in [4.78, 5) is 0. The van der Waals surface area contributed by atoms with Crippen LogP contribution < -0.4 is 0 Å². The van der Waals surface area contributed by atoms with E-state index >= 15 is 0 Å². The van der Waals surface area contributed by atoms with Gasteiger partial charge < -0.3 is 0 Å². The Balaban J connectivity index is 1.56. The highest BCUT2D eigenvalue weighted by molar-refractivity contribution is 6.06. The topological polar surface area (TPSA) is 0 Å². The fourth-order valence-electron chi connectivity index (χ4n) is 5.91. The van der Waals surface area contributed by atoms with Gasteiger partial charge in [-0.05, 0) is 66.4 Å².